The van der Waals surface area contributed by atoms with E-state index in [0.717, 1.165) is 6.07 Å². The third-order valence-corrected chi connectivity index (χ3v) is 3.28. The van der Waals surface area contributed by atoms with Gasteiger partial charge < -0.3 is 10.1 Å². The number of carbonyl (C=O) groups excluding carboxylic acids is 1. The number of halogens is 3. The largest absolute Gasteiger partial charge is 0.491 e. The Labute approximate surface area is 136 Å². The van der Waals surface area contributed by atoms with Gasteiger partial charge in [-0.25, -0.2) is 9.67 Å². The van der Waals surface area contributed by atoms with E-state index in [4.69, 9.17) is 4.74 Å². The zero-order chi connectivity index (χ0) is 17.7. The van der Waals surface area contributed by atoms with Crippen molar-refractivity contribution >= 4 is 5.91 Å². The highest BCUT2D eigenvalue weighted by Crippen LogP contribution is 2.35. The Balaban J connectivity index is 1.92. The lowest BCUT2D eigenvalue weighted by Crippen LogP contribution is -2.40. The Hall–Kier alpha value is -2.58. The third-order valence-electron chi connectivity index (χ3n) is 3.28. The number of hydrogen-bond donors (Lipinski definition) is 1. The van der Waals surface area contributed by atoms with Crippen LogP contribution in [0.2, 0.25) is 0 Å². The first-order valence-electron chi connectivity index (χ1n) is 7.22. The fraction of sp³-hybridized carbons (Fsp3) is 0.400. The minimum atomic E-state index is -4.50. The van der Waals surface area contributed by atoms with E-state index >= 15 is 0 Å². The molecular weight excluding hydrogens is 325 g/mol. The van der Waals surface area contributed by atoms with E-state index < -0.39 is 23.8 Å². The molecule has 2 aromatic rings. The molecule has 1 heterocycles. The van der Waals surface area contributed by atoms with Crippen LogP contribution in [-0.2, 0) is 11.0 Å². The van der Waals surface area contributed by atoms with Crippen molar-refractivity contribution in [3.05, 3.63) is 42.5 Å². The number of hydrogen-bond acceptors (Lipinski definition) is 4. The summed E-state index contributed by atoms with van der Waals surface area (Å²) in [6, 6.07) is 3.88. The number of nitrogens with one attached hydrogen (secondary N) is 1. The topological polar surface area (TPSA) is 69.0 Å². The molecule has 1 aromatic heterocycles. The Bertz CT molecular complexity index is 674. The average Bonchev–Trinajstić information content (AvgIpc) is 3.06. The molecule has 24 heavy (non-hydrogen) atoms. The number of rotatable bonds is 6. The lowest BCUT2D eigenvalue weighted by molar-refractivity contribution is -0.139. The lowest BCUT2D eigenvalue weighted by atomic mass is 10.2. The Morgan fingerprint density at radius 3 is 2.67 bits per heavy atom. The van der Waals surface area contributed by atoms with Crippen LogP contribution in [0.25, 0.3) is 0 Å². The molecule has 0 aliphatic rings. The molecule has 0 radical (unpaired) electrons. The minimum absolute atomic E-state index is 0.0943. The van der Waals surface area contributed by atoms with Gasteiger partial charge in [0, 0.05) is 0 Å². The summed E-state index contributed by atoms with van der Waals surface area (Å²) in [5.74, 6) is -0.601. The minimum Gasteiger partial charge on any atom is -0.491 e. The normalized spacial score (nSPS) is 14.0. The fourth-order valence-corrected chi connectivity index (χ4v) is 1.98. The highest BCUT2D eigenvalue weighted by molar-refractivity contribution is 5.79. The molecule has 130 valence electrons. The smallest absolute Gasteiger partial charge is 0.419 e. The van der Waals surface area contributed by atoms with E-state index in [2.05, 4.69) is 15.4 Å². The van der Waals surface area contributed by atoms with E-state index in [1.807, 2.05) is 0 Å². The SMILES string of the molecule is C[C@@H](COc1ccccc1C(F)(F)F)NC(=O)[C@H](C)n1cncn1. The summed E-state index contributed by atoms with van der Waals surface area (Å²) < 4.78 is 45.2. The van der Waals surface area contributed by atoms with Gasteiger partial charge in [0.1, 0.15) is 31.1 Å². The van der Waals surface area contributed by atoms with Crippen LogP contribution in [0.3, 0.4) is 0 Å². The van der Waals surface area contributed by atoms with Crippen LogP contribution in [0.1, 0.15) is 25.5 Å². The summed E-state index contributed by atoms with van der Waals surface area (Å²) in [6.07, 6.45) is -1.78. The first-order valence-corrected chi connectivity index (χ1v) is 7.22. The number of benzene rings is 1. The highest BCUT2D eigenvalue weighted by Gasteiger charge is 2.34. The Morgan fingerprint density at radius 2 is 2.04 bits per heavy atom. The Morgan fingerprint density at radius 1 is 1.33 bits per heavy atom. The molecule has 9 heteroatoms. The first-order chi connectivity index (χ1) is 11.3. The predicted octanol–water partition coefficient (Wildman–Crippen LogP) is 2.44. The molecule has 0 saturated heterocycles. The Kier molecular flexibility index (Phi) is 5.42. The zero-order valence-electron chi connectivity index (χ0n) is 13.1. The number of ether oxygens (including phenoxy) is 1. The highest BCUT2D eigenvalue weighted by atomic mass is 19.4. The number of alkyl halides is 3. The van der Waals surface area contributed by atoms with Gasteiger partial charge >= 0.3 is 6.18 Å². The van der Waals surface area contributed by atoms with Crippen molar-refractivity contribution < 1.29 is 22.7 Å². The van der Waals surface area contributed by atoms with E-state index in [9.17, 15) is 18.0 Å². The van der Waals surface area contributed by atoms with Crippen molar-refractivity contribution in [3.63, 3.8) is 0 Å². The summed E-state index contributed by atoms with van der Waals surface area (Å²) in [5, 5.41) is 6.53. The lowest BCUT2D eigenvalue weighted by Gasteiger charge is -2.19. The van der Waals surface area contributed by atoms with Gasteiger partial charge in [0.25, 0.3) is 0 Å². The van der Waals surface area contributed by atoms with Gasteiger partial charge in [0.05, 0.1) is 11.6 Å². The summed E-state index contributed by atoms with van der Waals surface area (Å²) in [7, 11) is 0. The molecule has 1 N–H and O–H groups in total. The molecule has 0 fully saturated rings. The van der Waals surface area contributed by atoms with Gasteiger partial charge in [0.2, 0.25) is 5.91 Å². The monoisotopic (exact) mass is 342 g/mol. The summed E-state index contributed by atoms with van der Waals surface area (Å²) >= 11 is 0. The van der Waals surface area contributed by atoms with Gasteiger partial charge in [-0.15, -0.1) is 0 Å². The van der Waals surface area contributed by atoms with Crippen LogP contribution in [0, 0.1) is 0 Å². The molecular formula is C15H17F3N4O2. The molecule has 2 rings (SSSR count). The van der Waals surface area contributed by atoms with Gasteiger partial charge in [-0.1, -0.05) is 12.1 Å². The van der Waals surface area contributed by atoms with Gasteiger partial charge in [0.15, 0.2) is 0 Å². The van der Waals surface area contributed by atoms with Crippen LogP contribution in [-0.4, -0.2) is 33.3 Å². The molecule has 6 nitrogen and oxygen atoms in total. The van der Waals surface area contributed by atoms with Gasteiger partial charge in [-0.3, -0.25) is 4.79 Å². The summed E-state index contributed by atoms with van der Waals surface area (Å²) in [5.41, 5.74) is -0.848. The molecule has 2 atom stereocenters. The molecule has 0 unspecified atom stereocenters. The molecule has 0 spiro atoms. The second-order valence-corrected chi connectivity index (χ2v) is 5.27. The maximum Gasteiger partial charge on any atom is 0.419 e. The second kappa shape index (κ2) is 7.33. The molecule has 1 amide bonds. The number of amides is 1. The van der Waals surface area contributed by atoms with Gasteiger partial charge in [-0.2, -0.15) is 18.3 Å². The van der Waals surface area contributed by atoms with Crippen LogP contribution in [0.5, 0.6) is 5.75 Å². The van der Waals surface area contributed by atoms with Crippen molar-refractivity contribution in [1.82, 2.24) is 20.1 Å². The van der Waals surface area contributed by atoms with Crippen molar-refractivity contribution in [3.8, 4) is 5.75 Å². The second-order valence-electron chi connectivity index (χ2n) is 5.27. The first kappa shape index (κ1) is 17.8. The number of carbonyl (C=O) groups is 1. The van der Waals surface area contributed by atoms with Crippen molar-refractivity contribution in [2.75, 3.05) is 6.61 Å². The molecule has 0 saturated carbocycles. The number of nitrogens with zero attached hydrogens (tertiary/aromatic N) is 3. The molecule has 0 bridgehead atoms. The van der Waals surface area contributed by atoms with Crippen LogP contribution in [0.15, 0.2) is 36.9 Å². The van der Waals surface area contributed by atoms with Crippen LogP contribution >= 0.6 is 0 Å². The molecule has 1 aromatic carbocycles. The van der Waals surface area contributed by atoms with Crippen LogP contribution in [0.4, 0.5) is 13.2 Å². The van der Waals surface area contributed by atoms with E-state index in [1.54, 1.807) is 13.8 Å². The maximum absolute atomic E-state index is 12.9. The van der Waals surface area contributed by atoms with Crippen LogP contribution < -0.4 is 10.1 Å². The predicted molar refractivity (Wildman–Crippen MR) is 79.3 cm³/mol. The van der Waals surface area contributed by atoms with E-state index in [1.165, 1.54) is 35.5 Å². The number of aromatic nitrogens is 3. The number of para-hydroxylation sites is 1. The quantitative estimate of drug-likeness (QED) is 0.875. The fourth-order valence-electron chi connectivity index (χ4n) is 1.98. The summed E-state index contributed by atoms with van der Waals surface area (Å²) in [6.45, 7) is 3.18. The summed E-state index contributed by atoms with van der Waals surface area (Å²) in [4.78, 5) is 15.8. The zero-order valence-corrected chi connectivity index (χ0v) is 13.1. The standard InChI is InChI=1S/C15H17F3N4O2/c1-10(21-14(23)11(2)22-9-19-8-20-22)7-24-13-6-4-3-5-12(13)15(16,17)18/h3-6,8-11H,7H2,1-2H3,(H,21,23)/t10-,11-/m0/s1. The van der Waals surface area contributed by atoms with Crippen molar-refractivity contribution in [2.45, 2.75) is 32.1 Å². The molecule has 0 aliphatic carbocycles. The van der Waals surface area contributed by atoms with Crippen molar-refractivity contribution in [2.24, 2.45) is 0 Å². The van der Waals surface area contributed by atoms with E-state index in [0.29, 0.717) is 0 Å². The van der Waals surface area contributed by atoms with Gasteiger partial charge in [-0.05, 0) is 26.0 Å². The average molecular weight is 342 g/mol. The molecule has 0 aliphatic heterocycles. The van der Waals surface area contributed by atoms with Crippen molar-refractivity contribution in [1.29, 1.82) is 0 Å². The maximum atomic E-state index is 12.9. The third kappa shape index (κ3) is 4.46. The van der Waals surface area contributed by atoms with E-state index in [-0.39, 0.29) is 18.3 Å².